The fourth-order valence-electron chi connectivity index (χ4n) is 1.58. The first kappa shape index (κ1) is 9.12. The number of halogens is 1. The molecule has 2 rings (SSSR count). The Morgan fingerprint density at radius 1 is 1.36 bits per heavy atom. The summed E-state index contributed by atoms with van der Waals surface area (Å²) in [5.41, 5.74) is 0.327. The lowest BCUT2D eigenvalue weighted by Crippen LogP contribution is -2.28. The zero-order valence-corrected chi connectivity index (χ0v) is 7.74. The summed E-state index contributed by atoms with van der Waals surface area (Å²) in [7, 11) is 0. The van der Waals surface area contributed by atoms with E-state index in [-0.39, 0.29) is 5.91 Å². The van der Waals surface area contributed by atoms with E-state index in [1.807, 2.05) is 0 Å². The molecule has 0 saturated carbocycles. The van der Waals surface area contributed by atoms with Crippen LogP contribution in [-0.4, -0.2) is 28.9 Å². The van der Waals surface area contributed by atoms with Crippen LogP contribution in [0.2, 0.25) is 0 Å². The summed E-state index contributed by atoms with van der Waals surface area (Å²) in [5, 5.41) is 0. The first-order valence-corrected chi connectivity index (χ1v) is 4.68. The Morgan fingerprint density at radius 3 is 2.64 bits per heavy atom. The van der Waals surface area contributed by atoms with E-state index in [0.29, 0.717) is 5.69 Å². The van der Waals surface area contributed by atoms with Gasteiger partial charge in [0.2, 0.25) is 0 Å². The minimum absolute atomic E-state index is 0.0949. The predicted octanol–water partition coefficient (Wildman–Crippen LogP) is 1.46. The zero-order valence-electron chi connectivity index (χ0n) is 7.74. The Bertz CT molecular complexity index is 330. The van der Waals surface area contributed by atoms with Crippen molar-refractivity contribution in [1.82, 2.24) is 9.88 Å². The van der Waals surface area contributed by atoms with Crippen LogP contribution in [0.4, 0.5) is 4.39 Å². The highest BCUT2D eigenvalue weighted by molar-refractivity contribution is 5.92. The lowest BCUT2D eigenvalue weighted by molar-refractivity contribution is 0.0787. The van der Waals surface area contributed by atoms with Crippen LogP contribution in [0.15, 0.2) is 18.3 Å². The summed E-state index contributed by atoms with van der Waals surface area (Å²) < 4.78 is 12.5. The number of amides is 1. The van der Waals surface area contributed by atoms with Crippen LogP contribution in [0.25, 0.3) is 0 Å². The van der Waals surface area contributed by atoms with E-state index in [4.69, 9.17) is 0 Å². The van der Waals surface area contributed by atoms with Crippen LogP contribution < -0.4 is 0 Å². The second-order valence-electron chi connectivity index (χ2n) is 3.36. The van der Waals surface area contributed by atoms with E-state index in [2.05, 4.69) is 4.98 Å². The van der Waals surface area contributed by atoms with E-state index in [1.54, 1.807) is 4.90 Å². The molecule has 0 aliphatic carbocycles. The number of nitrogens with zero attached hydrogens (tertiary/aromatic N) is 2. The summed E-state index contributed by atoms with van der Waals surface area (Å²) in [6, 6.07) is 2.69. The zero-order chi connectivity index (χ0) is 9.97. The van der Waals surface area contributed by atoms with Crippen molar-refractivity contribution in [1.29, 1.82) is 0 Å². The molecule has 0 N–H and O–H groups in total. The van der Waals surface area contributed by atoms with E-state index < -0.39 is 5.82 Å². The molecule has 1 aromatic rings. The highest BCUT2D eigenvalue weighted by atomic mass is 19.1. The third-order valence-corrected chi connectivity index (χ3v) is 2.34. The molecule has 0 aromatic carbocycles. The number of carbonyl (C=O) groups is 1. The smallest absolute Gasteiger partial charge is 0.272 e. The Balaban J connectivity index is 2.14. The van der Waals surface area contributed by atoms with Crippen molar-refractivity contribution in [2.45, 2.75) is 12.8 Å². The number of pyridine rings is 1. The number of aromatic nitrogens is 1. The molecular formula is C10H11FN2O. The molecule has 1 amide bonds. The van der Waals surface area contributed by atoms with Gasteiger partial charge in [-0.05, 0) is 25.0 Å². The average molecular weight is 194 g/mol. The summed E-state index contributed by atoms with van der Waals surface area (Å²) in [6.45, 7) is 1.58. The van der Waals surface area contributed by atoms with Crippen LogP contribution in [-0.2, 0) is 0 Å². The molecule has 0 atom stereocenters. The molecular weight excluding hydrogens is 183 g/mol. The molecule has 4 heteroatoms. The van der Waals surface area contributed by atoms with E-state index in [0.717, 1.165) is 32.1 Å². The third-order valence-electron chi connectivity index (χ3n) is 2.34. The summed E-state index contributed by atoms with van der Waals surface area (Å²) in [5.74, 6) is -0.509. The second-order valence-corrected chi connectivity index (χ2v) is 3.36. The topological polar surface area (TPSA) is 33.2 Å². The van der Waals surface area contributed by atoms with Crippen molar-refractivity contribution in [3.63, 3.8) is 0 Å². The number of hydrogen-bond acceptors (Lipinski definition) is 2. The van der Waals surface area contributed by atoms with Gasteiger partial charge >= 0.3 is 0 Å². The SMILES string of the molecule is O=C(c1ccc(F)cn1)N1CCCC1. The maximum absolute atomic E-state index is 12.5. The highest BCUT2D eigenvalue weighted by Crippen LogP contribution is 2.11. The lowest BCUT2D eigenvalue weighted by Gasteiger charge is -2.13. The Morgan fingerprint density at radius 2 is 2.07 bits per heavy atom. The molecule has 0 bridgehead atoms. The molecule has 2 heterocycles. The summed E-state index contributed by atoms with van der Waals surface area (Å²) >= 11 is 0. The molecule has 0 radical (unpaired) electrons. The second kappa shape index (κ2) is 3.74. The van der Waals surface area contributed by atoms with E-state index in [9.17, 15) is 9.18 Å². The van der Waals surface area contributed by atoms with Crippen LogP contribution in [0.3, 0.4) is 0 Å². The minimum atomic E-state index is -0.414. The van der Waals surface area contributed by atoms with Crippen molar-refractivity contribution in [3.05, 3.63) is 29.8 Å². The van der Waals surface area contributed by atoms with Gasteiger partial charge in [-0.3, -0.25) is 4.79 Å². The van der Waals surface area contributed by atoms with Crippen LogP contribution in [0, 0.1) is 5.82 Å². The number of likely N-dealkylation sites (tertiary alicyclic amines) is 1. The lowest BCUT2D eigenvalue weighted by atomic mass is 10.3. The van der Waals surface area contributed by atoms with Gasteiger partial charge in [-0.25, -0.2) is 9.37 Å². The molecule has 1 aliphatic rings. The monoisotopic (exact) mass is 194 g/mol. The summed E-state index contributed by atoms with van der Waals surface area (Å²) in [4.78, 5) is 17.2. The van der Waals surface area contributed by atoms with Crippen LogP contribution >= 0.6 is 0 Å². The molecule has 1 aromatic heterocycles. The summed E-state index contributed by atoms with van der Waals surface area (Å²) in [6.07, 6.45) is 3.17. The predicted molar refractivity (Wildman–Crippen MR) is 49.3 cm³/mol. The molecule has 14 heavy (non-hydrogen) atoms. The van der Waals surface area contributed by atoms with Crippen molar-refractivity contribution in [3.8, 4) is 0 Å². The van der Waals surface area contributed by atoms with Gasteiger partial charge in [0, 0.05) is 13.1 Å². The van der Waals surface area contributed by atoms with Gasteiger partial charge in [-0.2, -0.15) is 0 Å². The van der Waals surface area contributed by atoms with Gasteiger partial charge in [0.15, 0.2) is 0 Å². The van der Waals surface area contributed by atoms with Gasteiger partial charge < -0.3 is 4.90 Å². The van der Waals surface area contributed by atoms with Gasteiger partial charge in [0.1, 0.15) is 11.5 Å². The first-order chi connectivity index (χ1) is 6.77. The van der Waals surface area contributed by atoms with Crippen LogP contribution in [0.1, 0.15) is 23.3 Å². The van der Waals surface area contributed by atoms with Crippen molar-refractivity contribution < 1.29 is 9.18 Å². The Hall–Kier alpha value is -1.45. The van der Waals surface area contributed by atoms with Crippen molar-refractivity contribution in [2.75, 3.05) is 13.1 Å². The fourth-order valence-corrected chi connectivity index (χ4v) is 1.58. The van der Waals surface area contributed by atoms with Crippen molar-refractivity contribution in [2.24, 2.45) is 0 Å². The Kier molecular flexibility index (Phi) is 2.43. The maximum atomic E-state index is 12.5. The van der Waals surface area contributed by atoms with Gasteiger partial charge in [-0.1, -0.05) is 0 Å². The number of rotatable bonds is 1. The molecule has 1 saturated heterocycles. The highest BCUT2D eigenvalue weighted by Gasteiger charge is 2.20. The van der Waals surface area contributed by atoms with E-state index >= 15 is 0 Å². The van der Waals surface area contributed by atoms with Crippen molar-refractivity contribution >= 4 is 5.91 Å². The van der Waals surface area contributed by atoms with Gasteiger partial charge in [0.05, 0.1) is 6.20 Å². The molecule has 3 nitrogen and oxygen atoms in total. The molecule has 0 unspecified atom stereocenters. The molecule has 0 spiro atoms. The number of carbonyl (C=O) groups excluding carboxylic acids is 1. The minimum Gasteiger partial charge on any atom is -0.337 e. The number of hydrogen-bond donors (Lipinski definition) is 0. The fraction of sp³-hybridized carbons (Fsp3) is 0.400. The molecule has 74 valence electrons. The van der Waals surface area contributed by atoms with Gasteiger partial charge in [-0.15, -0.1) is 0 Å². The standard InChI is InChI=1S/C10H11FN2O/c11-8-3-4-9(12-7-8)10(14)13-5-1-2-6-13/h3-4,7H,1-2,5-6H2. The first-order valence-electron chi connectivity index (χ1n) is 4.68. The van der Waals surface area contributed by atoms with E-state index in [1.165, 1.54) is 12.1 Å². The maximum Gasteiger partial charge on any atom is 0.272 e. The Labute approximate surface area is 81.6 Å². The van der Waals surface area contributed by atoms with Crippen LogP contribution in [0.5, 0.6) is 0 Å². The molecule has 1 fully saturated rings. The quantitative estimate of drug-likeness (QED) is 0.678. The largest absolute Gasteiger partial charge is 0.337 e. The average Bonchev–Trinajstić information content (AvgIpc) is 2.71. The normalized spacial score (nSPS) is 15.9. The molecule has 1 aliphatic heterocycles. The third kappa shape index (κ3) is 1.73. The van der Waals surface area contributed by atoms with Gasteiger partial charge in [0.25, 0.3) is 5.91 Å².